The van der Waals surface area contributed by atoms with Crippen molar-refractivity contribution in [2.45, 2.75) is 5.51 Å². The van der Waals surface area contributed by atoms with Crippen LogP contribution >= 0.6 is 0 Å². The Hall–Kier alpha value is 3.17. The van der Waals surface area contributed by atoms with E-state index >= 15 is 0 Å². The van der Waals surface area contributed by atoms with Crippen LogP contribution in [0.25, 0.3) is 0 Å². The van der Waals surface area contributed by atoms with E-state index in [1.165, 1.54) is 0 Å². The van der Waals surface area contributed by atoms with Gasteiger partial charge in [0, 0.05) is 8.55 Å². The fourth-order valence-corrected chi connectivity index (χ4v) is 550. The van der Waals surface area contributed by atoms with Gasteiger partial charge in [-0.1, -0.05) is 0 Å². The first-order chi connectivity index (χ1) is 11.3. The van der Waals surface area contributed by atoms with Gasteiger partial charge in [0.05, 0.1) is 0 Å². The van der Waals surface area contributed by atoms with Crippen molar-refractivity contribution in [3.63, 3.8) is 0 Å². The first-order valence-corrected chi connectivity index (χ1v) is 72.9. The molecule has 0 heterocycles. The smallest absolute Gasteiger partial charge is 0.320 e. The van der Waals surface area contributed by atoms with Crippen molar-refractivity contribution in [3.8, 4) is 0 Å². The third-order valence-electron chi connectivity index (χ3n) is 4.02. The number of hydrogen-bond donors (Lipinski definition) is 0. The van der Waals surface area contributed by atoms with Crippen molar-refractivity contribution < 1.29 is 25.5 Å². The van der Waals surface area contributed by atoms with E-state index in [1.54, 1.807) is 9.76 Å². The summed E-state index contributed by atoms with van der Waals surface area (Å²) in [4.78, 5) is 0. The molecule has 0 N–H and O–H groups in total. The second-order valence-electron chi connectivity index (χ2n) is 6.32. The van der Waals surface area contributed by atoms with E-state index in [0.29, 0.717) is 51.3 Å². The molecule has 0 saturated heterocycles. The molecule has 0 aromatic rings. The van der Waals surface area contributed by atoms with Crippen LogP contribution in [-0.2, 0) is 14.0 Å². The average molecular weight is 632 g/mol. The Morgan fingerprint density at radius 1 is 0.667 bits per heavy atom. The highest BCUT2D eigenvalue weighted by atomic mass is 32.2. The molecule has 0 radical (unpaired) electrons. The van der Waals surface area contributed by atoms with Gasteiger partial charge in [-0.15, -0.1) is 0 Å². The van der Waals surface area contributed by atoms with Gasteiger partial charge in [-0.25, -0.2) is 0 Å². The van der Waals surface area contributed by atoms with Gasteiger partial charge >= 0.3 is 15.6 Å². The number of halogens is 3. The highest BCUT2D eigenvalue weighted by Gasteiger charge is 2.46. The monoisotopic (exact) mass is 630 g/mol. The normalized spacial score (nSPS) is 20.3. The summed E-state index contributed by atoms with van der Waals surface area (Å²) in [6, 6.07) is 0. The molecule has 3 nitrogen and oxygen atoms in total. The predicted octanol–water partition coefficient (Wildman–Crippen LogP) is -14.6. The molecule has 0 aliphatic carbocycles. The van der Waals surface area contributed by atoms with Crippen LogP contribution in [0.4, 0.5) is 13.2 Å². The largest absolute Gasteiger partial charge is 0.522 e. The highest BCUT2D eigenvalue weighted by Crippen LogP contribution is 2.23. The minimum atomic E-state index is -5.23. The third kappa shape index (κ3) is 16.2. The Morgan fingerprint density at radius 3 is 1.33 bits per heavy atom. The topological polar surface area (TPSA) is 43.4 Å². The number of hydrogen-bond acceptors (Lipinski definition) is 3. The SMILES string of the molecule is O=S(=O)(O[SiH2][SiH2][SiH2][SiH2][SiH2][SiH2][SiH2][SiH2][SiH2][SiH2][SiH2][SiH2][SiH2][SiH2][SiH2][SiH3])C(F)(F)F. The molecule has 0 aliphatic heterocycles. The van der Waals surface area contributed by atoms with Crippen molar-refractivity contribution >= 4 is 149 Å². The molecular weight excluding hydrogens is 598 g/mol. The van der Waals surface area contributed by atoms with Crippen molar-refractivity contribution in [2.24, 2.45) is 0 Å². The summed E-state index contributed by atoms with van der Waals surface area (Å²) < 4.78 is 62.1. The summed E-state index contributed by atoms with van der Waals surface area (Å²) in [7, 11) is 2.36. The second-order valence-corrected chi connectivity index (χ2v) is 143. The molecule has 0 unspecified atom stereocenters. The fraction of sp³-hybridized carbons (Fsp3) is 1.00. The molecule has 0 aliphatic rings. The standard InChI is InChI=1S/CH33F3O3SSi16/c2-1(3,4)8(5,6)7-10-12-14-16-18-20-22-24-23-21-19-17-15-13-11-9/h10-24H2,9H3. The van der Waals surface area contributed by atoms with E-state index in [1.807, 2.05) is 0 Å². The third-order valence-corrected chi connectivity index (χ3v) is 280. The van der Waals surface area contributed by atoms with Gasteiger partial charge < -0.3 is 3.87 Å². The molecule has 0 fully saturated rings. The summed E-state index contributed by atoms with van der Waals surface area (Å²) in [6.45, 7) is 0. The molecule has 0 bridgehead atoms. The molecule has 0 spiro atoms. The summed E-state index contributed by atoms with van der Waals surface area (Å²) in [5, 5.41) is 0. The van der Waals surface area contributed by atoms with E-state index in [2.05, 4.69) is 3.87 Å². The Balaban J connectivity index is 3.27. The maximum atomic E-state index is 12.1. The lowest BCUT2D eigenvalue weighted by Crippen LogP contribution is -2.36. The Labute approximate surface area is 178 Å². The second kappa shape index (κ2) is 17.1. The zero-order chi connectivity index (χ0) is 18.3. The lowest BCUT2D eigenvalue weighted by atomic mass is 11.6. The first-order valence-electron chi connectivity index (χ1n) is 9.27. The van der Waals surface area contributed by atoms with Crippen molar-refractivity contribution in [1.82, 2.24) is 0 Å². The van der Waals surface area contributed by atoms with Crippen LogP contribution in [0.1, 0.15) is 0 Å². The molecule has 0 rings (SSSR count). The minimum Gasteiger partial charge on any atom is -0.320 e. The summed E-state index contributed by atoms with van der Waals surface area (Å²) >= 11 is 0. The molecule has 0 atom stereocenters. The van der Waals surface area contributed by atoms with E-state index < -0.39 is 33.5 Å². The van der Waals surface area contributed by atoms with Gasteiger partial charge in [-0.2, -0.15) is 21.6 Å². The van der Waals surface area contributed by atoms with Crippen LogP contribution in [-0.4, -0.2) is 153 Å². The van der Waals surface area contributed by atoms with Crippen LogP contribution < -0.4 is 0 Å². The van der Waals surface area contributed by atoms with Crippen LogP contribution in [0.2, 0.25) is 0 Å². The zero-order valence-electron chi connectivity index (χ0n) is 14.9. The predicted molar refractivity (Wildman–Crippen MR) is 154 cm³/mol. The van der Waals surface area contributed by atoms with Crippen LogP contribution in [0.3, 0.4) is 0 Å². The quantitative estimate of drug-likeness (QED) is 0.0967. The van der Waals surface area contributed by atoms with E-state index in [9.17, 15) is 21.6 Å². The Morgan fingerprint density at radius 2 is 1.00 bits per heavy atom. The van der Waals surface area contributed by atoms with Crippen molar-refractivity contribution in [1.29, 1.82) is 0 Å². The molecule has 0 saturated carbocycles. The van der Waals surface area contributed by atoms with E-state index in [-0.39, 0.29) is 17.1 Å². The summed E-state index contributed by atoms with van der Waals surface area (Å²) in [6.07, 6.45) is 0. The van der Waals surface area contributed by atoms with Crippen LogP contribution in [0.15, 0.2) is 0 Å². The Kier molecular flexibility index (Phi) is 19.3. The number of alkyl halides is 3. The van der Waals surface area contributed by atoms with Gasteiger partial charge in [0.25, 0.3) is 0 Å². The molecule has 0 aromatic heterocycles. The average Bonchev–Trinajstić information content (AvgIpc) is 2.50. The molecular formula is CH33F3O3SSi16. The van der Waals surface area contributed by atoms with E-state index in [4.69, 9.17) is 0 Å². The summed E-state index contributed by atoms with van der Waals surface area (Å²) in [5.74, 6) is 0. The lowest BCUT2D eigenvalue weighted by Gasteiger charge is -2.07. The highest BCUT2D eigenvalue weighted by molar-refractivity contribution is 7.88. The van der Waals surface area contributed by atoms with Gasteiger partial charge in [0.15, 0.2) is 9.28 Å². The van der Waals surface area contributed by atoms with Crippen LogP contribution in [0.5, 0.6) is 0 Å². The zero-order valence-corrected chi connectivity index (χ0v) is 38.9. The Bertz CT molecular complexity index is 387. The minimum absolute atomic E-state index is 0.00640. The molecule has 24 heavy (non-hydrogen) atoms. The van der Waals surface area contributed by atoms with Gasteiger partial charge in [-0.3, -0.25) is 0 Å². The van der Waals surface area contributed by atoms with Crippen molar-refractivity contribution in [3.05, 3.63) is 0 Å². The van der Waals surface area contributed by atoms with Gasteiger partial charge in [-0.05, 0) is 121 Å². The molecule has 23 heteroatoms. The lowest BCUT2D eigenvalue weighted by molar-refractivity contribution is -0.0498. The van der Waals surface area contributed by atoms with E-state index in [0.717, 1.165) is 42.8 Å². The fourth-order valence-electron chi connectivity index (χ4n) is 2.53. The van der Waals surface area contributed by atoms with Gasteiger partial charge in [0.2, 0.25) is 0 Å². The van der Waals surface area contributed by atoms with Crippen molar-refractivity contribution in [2.75, 3.05) is 0 Å². The number of rotatable bonds is 16. The molecule has 0 amide bonds. The maximum absolute atomic E-state index is 12.1. The van der Waals surface area contributed by atoms with Crippen LogP contribution in [0, 0.1) is 0 Å². The molecule has 146 valence electrons. The maximum Gasteiger partial charge on any atom is 0.522 e. The van der Waals surface area contributed by atoms with Gasteiger partial charge in [0.1, 0.15) is 0 Å². The summed E-state index contributed by atoms with van der Waals surface area (Å²) in [5.41, 5.74) is -5.19. The molecule has 0 aromatic carbocycles. The first kappa shape index (κ1) is 27.2.